The number of aliphatic imine (C=N–C) groups is 1. The van der Waals surface area contributed by atoms with Crippen molar-refractivity contribution in [1.82, 2.24) is 5.32 Å². The third-order valence-corrected chi connectivity index (χ3v) is 3.82. The Hall–Kier alpha value is -2.33. The van der Waals surface area contributed by atoms with Crippen LogP contribution < -0.4 is 10.2 Å². The number of halogens is 1. The maximum atomic E-state index is 12.3. The lowest BCUT2D eigenvalue weighted by Gasteiger charge is -2.38. The van der Waals surface area contributed by atoms with E-state index in [9.17, 15) is 4.79 Å². The number of hydrogen-bond acceptors (Lipinski definition) is 3. The zero-order valence-corrected chi connectivity index (χ0v) is 11.1. The van der Waals surface area contributed by atoms with Crippen molar-refractivity contribution in [3.63, 3.8) is 0 Å². The number of hydrogen-bond donors (Lipinski definition) is 1. The van der Waals surface area contributed by atoms with Gasteiger partial charge in [-0.3, -0.25) is 4.79 Å². The van der Waals surface area contributed by atoms with Gasteiger partial charge >= 0.3 is 0 Å². The molecular weight excluding hydrogens is 274 g/mol. The highest BCUT2D eigenvalue weighted by Gasteiger charge is 2.34. The van der Waals surface area contributed by atoms with Crippen molar-refractivity contribution in [2.24, 2.45) is 4.99 Å². The smallest absolute Gasteiger partial charge is 0.255 e. The average molecular weight is 284 g/mol. The van der Waals surface area contributed by atoms with Crippen LogP contribution in [0.5, 0.6) is 0 Å². The van der Waals surface area contributed by atoms with Gasteiger partial charge in [0, 0.05) is 10.6 Å². The van der Waals surface area contributed by atoms with Crippen LogP contribution in [0, 0.1) is 0 Å². The predicted octanol–water partition coefficient (Wildman–Crippen LogP) is 3.26. The lowest BCUT2D eigenvalue weighted by atomic mass is 10.0. The van der Waals surface area contributed by atoms with Gasteiger partial charge in [-0.25, -0.2) is 4.99 Å². The molecule has 0 spiro atoms. The summed E-state index contributed by atoms with van der Waals surface area (Å²) < 4.78 is 0. The fraction of sp³-hybridized carbons (Fsp3) is 0.0667. The van der Waals surface area contributed by atoms with Gasteiger partial charge in [0.15, 0.2) is 0 Å². The zero-order chi connectivity index (χ0) is 13.7. The minimum atomic E-state index is -0.218. The van der Waals surface area contributed by atoms with Crippen LogP contribution in [-0.4, -0.2) is 12.2 Å². The number of carbonyl (C=O) groups excluding carboxylic acids is 1. The van der Waals surface area contributed by atoms with E-state index in [4.69, 9.17) is 11.6 Å². The lowest BCUT2D eigenvalue weighted by Crippen LogP contribution is -2.47. The van der Waals surface area contributed by atoms with Gasteiger partial charge in [0.25, 0.3) is 5.91 Å². The van der Waals surface area contributed by atoms with Gasteiger partial charge in [-0.05, 0) is 24.3 Å². The predicted molar refractivity (Wildman–Crippen MR) is 78.7 cm³/mol. The van der Waals surface area contributed by atoms with Gasteiger partial charge in [0.2, 0.25) is 0 Å². The van der Waals surface area contributed by atoms with Crippen LogP contribution in [0.1, 0.15) is 22.1 Å². The number of rotatable bonds is 0. The molecule has 2 heterocycles. The van der Waals surface area contributed by atoms with Crippen LogP contribution >= 0.6 is 11.6 Å². The standard InChI is InChI=1S/C15H10ClN3O/c16-9-5-6-13-11(7-9)15(20)18-14-10-3-1-2-4-12(10)17-8-19(13)14/h1-8,14H,(H,18,20). The normalized spacial score (nSPS) is 18.9. The van der Waals surface area contributed by atoms with Crippen molar-refractivity contribution < 1.29 is 4.79 Å². The number of benzene rings is 2. The Morgan fingerprint density at radius 3 is 2.95 bits per heavy atom. The summed E-state index contributed by atoms with van der Waals surface area (Å²) in [5.74, 6) is -0.117. The SMILES string of the molecule is O=C1NC2c3ccccc3N=CN2c2ccc(Cl)cc21. The summed E-state index contributed by atoms with van der Waals surface area (Å²) >= 11 is 5.97. The molecule has 4 rings (SSSR count). The average Bonchev–Trinajstić information content (AvgIpc) is 2.47. The molecule has 0 aromatic heterocycles. The van der Waals surface area contributed by atoms with E-state index in [1.807, 2.05) is 35.2 Å². The van der Waals surface area contributed by atoms with Gasteiger partial charge in [-0.1, -0.05) is 29.8 Å². The molecule has 20 heavy (non-hydrogen) atoms. The maximum Gasteiger partial charge on any atom is 0.255 e. The van der Waals surface area contributed by atoms with E-state index in [-0.39, 0.29) is 12.1 Å². The first-order valence-electron chi connectivity index (χ1n) is 6.26. The summed E-state index contributed by atoms with van der Waals surface area (Å²) in [5, 5.41) is 3.54. The number of anilines is 1. The highest BCUT2D eigenvalue weighted by Crippen LogP contribution is 2.39. The van der Waals surface area contributed by atoms with E-state index in [2.05, 4.69) is 10.3 Å². The fourth-order valence-corrected chi connectivity index (χ4v) is 2.82. The Balaban J connectivity index is 1.91. The number of amides is 1. The summed E-state index contributed by atoms with van der Waals surface area (Å²) in [5.41, 5.74) is 3.26. The van der Waals surface area contributed by atoms with Crippen molar-refractivity contribution in [2.75, 3.05) is 4.90 Å². The topological polar surface area (TPSA) is 44.7 Å². The second-order valence-electron chi connectivity index (χ2n) is 4.75. The molecule has 98 valence electrons. The van der Waals surface area contributed by atoms with Gasteiger partial charge in [0.1, 0.15) is 6.17 Å². The number of fused-ring (bicyclic) bond motifs is 5. The Morgan fingerprint density at radius 2 is 2.05 bits per heavy atom. The van der Waals surface area contributed by atoms with E-state index < -0.39 is 0 Å². The molecule has 5 heteroatoms. The molecule has 4 nitrogen and oxygen atoms in total. The lowest BCUT2D eigenvalue weighted by molar-refractivity contribution is 0.0931. The minimum absolute atomic E-state index is 0.117. The first-order chi connectivity index (χ1) is 9.74. The second-order valence-corrected chi connectivity index (χ2v) is 5.18. The molecule has 1 atom stereocenters. The van der Waals surface area contributed by atoms with Crippen LogP contribution in [0.25, 0.3) is 0 Å². The molecule has 0 fully saturated rings. The molecule has 1 N–H and O–H groups in total. The minimum Gasteiger partial charge on any atom is -0.327 e. The molecule has 0 saturated heterocycles. The summed E-state index contributed by atoms with van der Waals surface area (Å²) in [6.07, 6.45) is 1.53. The number of para-hydroxylation sites is 1. The number of nitrogens with one attached hydrogen (secondary N) is 1. The Morgan fingerprint density at radius 1 is 1.20 bits per heavy atom. The summed E-state index contributed by atoms with van der Waals surface area (Å²) in [6, 6.07) is 13.1. The second kappa shape index (κ2) is 4.08. The fourth-order valence-electron chi connectivity index (χ4n) is 2.64. The van der Waals surface area contributed by atoms with Gasteiger partial charge in [0.05, 0.1) is 23.3 Å². The van der Waals surface area contributed by atoms with E-state index >= 15 is 0 Å². The van der Waals surface area contributed by atoms with Crippen LogP contribution in [0.2, 0.25) is 5.02 Å². The first-order valence-corrected chi connectivity index (χ1v) is 6.64. The zero-order valence-electron chi connectivity index (χ0n) is 10.4. The van der Waals surface area contributed by atoms with Gasteiger partial charge in [-0.2, -0.15) is 0 Å². The van der Waals surface area contributed by atoms with Crippen molar-refractivity contribution in [1.29, 1.82) is 0 Å². The highest BCUT2D eigenvalue weighted by molar-refractivity contribution is 6.31. The van der Waals surface area contributed by atoms with Gasteiger partial charge in [-0.15, -0.1) is 0 Å². The van der Waals surface area contributed by atoms with Gasteiger partial charge < -0.3 is 10.2 Å². The number of nitrogens with zero attached hydrogens (tertiary/aromatic N) is 2. The van der Waals surface area contributed by atoms with Crippen LogP contribution in [0.3, 0.4) is 0 Å². The Labute approximate surface area is 120 Å². The summed E-state index contributed by atoms with van der Waals surface area (Å²) in [7, 11) is 0. The Kier molecular flexibility index (Phi) is 2.35. The van der Waals surface area contributed by atoms with E-state index in [0.717, 1.165) is 16.9 Å². The quantitative estimate of drug-likeness (QED) is 0.806. The van der Waals surface area contributed by atoms with E-state index in [1.54, 1.807) is 18.5 Å². The summed E-state index contributed by atoms with van der Waals surface area (Å²) in [6.45, 7) is 0. The largest absolute Gasteiger partial charge is 0.327 e. The molecule has 0 saturated carbocycles. The first kappa shape index (κ1) is 11.5. The van der Waals surface area contributed by atoms with Crippen molar-refractivity contribution in [3.05, 3.63) is 58.6 Å². The molecular formula is C15H10ClN3O. The molecule has 1 amide bonds. The van der Waals surface area contributed by atoms with Crippen LogP contribution in [-0.2, 0) is 0 Å². The maximum absolute atomic E-state index is 12.3. The van der Waals surface area contributed by atoms with Crippen molar-refractivity contribution in [2.45, 2.75) is 6.17 Å². The van der Waals surface area contributed by atoms with Crippen molar-refractivity contribution >= 4 is 35.2 Å². The monoisotopic (exact) mass is 283 g/mol. The third-order valence-electron chi connectivity index (χ3n) is 3.58. The molecule has 1 unspecified atom stereocenters. The highest BCUT2D eigenvalue weighted by atomic mass is 35.5. The number of carbonyl (C=O) groups is 1. The van der Waals surface area contributed by atoms with Crippen molar-refractivity contribution in [3.8, 4) is 0 Å². The molecule has 2 aromatic rings. The Bertz CT molecular complexity index is 757. The van der Waals surface area contributed by atoms with Crippen LogP contribution in [0.15, 0.2) is 47.5 Å². The summed E-state index contributed by atoms with van der Waals surface area (Å²) in [4.78, 5) is 18.7. The molecule has 2 aliphatic rings. The molecule has 2 aliphatic heterocycles. The molecule has 0 aliphatic carbocycles. The molecule has 0 radical (unpaired) electrons. The van der Waals surface area contributed by atoms with E-state index in [1.165, 1.54) is 0 Å². The molecule has 2 aromatic carbocycles. The van der Waals surface area contributed by atoms with Crippen LogP contribution in [0.4, 0.5) is 11.4 Å². The molecule has 0 bridgehead atoms. The third kappa shape index (κ3) is 1.55. The van der Waals surface area contributed by atoms with E-state index in [0.29, 0.717) is 10.6 Å².